The summed E-state index contributed by atoms with van der Waals surface area (Å²) in [4.78, 5) is 4.69. The first kappa shape index (κ1) is 13.4. The van der Waals surface area contributed by atoms with Crippen molar-refractivity contribution in [2.75, 3.05) is 32.1 Å². The first-order chi connectivity index (χ1) is 8.61. The SMILES string of the molecule is CN(CC1CCCN1C)c1ccc(C#N)cc1Br. The highest BCUT2D eigenvalue weighted by Crippen LogP contribution is 2.27. The van der Waals surface area contributed by atoms with Crippen LogP contribution >= 0.6 is 15.9 Å². The second-order valence-electron chi connectivity index (χ2n) is 4.94. The van der Waals surface area contributed by atoms with Gasteiger partial charge in [0, 0.05) is 24.1 Å². The summed E-state index contributed by atoms with van der Waals surface area (Å²) < 4.78 is 0.990. The van der Waals surface area contributed by atoms with Crippen LogP contribution in [0.25, 0.3) is 0 Å². The van der Waals surface area contributed by atoms with Crippen LogP contribution in [0.3, 0.4) is 0 Å². The van der Waals surface area contributed by atoms with Crippen molar-refractivity contribution in [3.8, 4) is 6.07 Å². The number of rotatable bonds is 3. The summed E-state index contributed by atoms with van der Waals surface area (Å²) in [5, 5.41) is 8.86. The standard InChI is InChI=1S/C14H18BrN3/c1-17-7-3-4-12(17)10-18(2)14-6-5-11(9-16)8-13(14)15/h5-6,8,12H,3-4,7,10H2,1-2H3. The summed E-state index contributed by atoms with van der Waals surface area (Å²) >= 11 is 3.55. The summed E-state index contributed by atoms with van der Waals surface area (Å²) in [6.07, 6.45) is 2.57. The zero-order valence-corrected chi connectivity index (χ0v) is 12.4. The van der Waals surface area contributed by atoms with Gasteiger partial charge in [0.2, 0.25) is 0 Å². The zero-order valence-electron chi connectivity index (χ0n) is 10.9. The van der Waals surface area contributed by atoms with Gasteiger partial charge >= 0.3 is 0 Å². The van der Waals surface area contributed by atoms with Crippen LogP contribution in [-0.2, 0) is 0 Å². The van der Waals surface area contributed by atoms with Gasteiger partial charge in [0.15, 0.2) is 0 Å². The van der Waals surface area contributed by atoms with Gasteiger partial charge in [0.05, 0.1) is 17.3 Å². The van der Waals surface area contributed by atoms with Gasteiger partial charge in [-0.2, -0.15) is 5.26 Å². The van der Waals surface area contributed by atoms with Gasteiger partial charge in [0.1, 0.15) is 0 Å². The average Bonchev–Trinajstić information content (AvgIpc) is 2.74. The van der Waals surface area contributed by atoms with E-state index in [0.29, 0.717) is 11.6 Å². The Morgan fingerprint density at radius 1 is 1.56 bits per heavy atom. The van der Waals surface area contributed by atoms with E-state index in [4.69, 9.17) is 5.26 Å². The molecule has 18 heavy (non-hydrogen) atoms. The molecule has 1 heterocycles. The third kappa shape index (κ3) is 2.85. The molecule has 1 aliphatic heterocycles. The lowest BCUT2D eigenvalue weighted by atomic mass is 10.1. The van der Waals surface area contributed by atoms with Crippen molar-refractivity contribution in [3.05, 3.63) is 28.2 Å². The molecule has 1 atom stereocenters. The molecule has 0 amide bonds. The third-order valence-electron chi connectivity index (χ3n) is 3.64. The summed E-state index contributed by atoms with van der Waals surface area (Å²) in [5.41, 5.74) is 1.84. The van der Waals surface area contributed by atoms with E-state index in [0.717, 1.165) is 16.7 Å². The van der Waals surface area contributed by atoms with E-state index in [1.165, 1.54) is 19.4 Å². The molecule has 1 unspecified atom stereocenters. The van der Waals surface area contributed by atoms with Crippen molar-refractivity contribution in [2.24, 2.45) is 0 Å². The van der Waals surface area contributed by atoms with Gasteiger partial charge in [-0.3, -0.25) is 0 Å². The molecule has 1 fully saturated rings. The first-order valence-electron chi connectivity index (χ1n) is 6.23. The average molecular weight is 308 g/mol. The quantitative estimate of drug-likeness (QED) is 0.860. The minimum atomic E-state index is 0.637. The Morgan fingerprint density at radius 3 is 2.89 bits per heavy atom. The molecule has 0 N–H and O–H groups in total. The first-order valence-corrected chi connectivity index (χ1v) is 7.02. The molecule has 0 saturated carbocycles. The van der Waals surface area contributed by atoms with Crippen LogP contribution in [0, 0.1) is 11.3 Å². The molecule has 0 aromatic heterocycles. The zero-order chi connectivity index (χ0) is 13.1. The monoisotopic (exact) mass is 307 g/mol. The van der Waals surface area contributed by atoms with Crippen LogP contribution in [0.15, 0.2) is 22.7 Å². The Morgan fingerprint density at radius 2 is 2.33 bits per heavy atom. The Hall–Kier alpha value is -1.05. The number of nitrogens with zero attached hydrogens (tertiary/aromatic N) is 3. The fourth-order valence-corrected chi connectivity index (χ4v) is 3.19. The van der Waals surface area contributed by atoms with Crippen LogP contribution in [0.4, 0.5) is 5.69 Å². The molecule has 3 nitrogen and oxygen atoms in total. The molecule has 0 spiro atoms. The molecule has 1 aliphatic rings. The van der Waals surface area contributed by atoms with E-state index in [1.807, 2.05) is 18.2 Å². The van der Waals surface area contributed by atoms with Gasteiger partial charge in [-0.15, -0.1) is 0 Å². The summed E-state index contributed by atoms with van der Waals surface area (Å²) in [7, 11) is 4.30. The Balaban J connectivity index is 2.09. The fraction of sp³-hybridized carbons (Fsp3) is 0.500. The lowest BCUT2D eigenvalue weighted by molar-refractivity contribution is 0.314. The second kappa shape index (κ2) is 5.73. The smallest absolute Gasteiger partial charge is 0.0992 e. The lowest BCUT2D eigenvalue weighted by Gasteiger charge is -2.28. The number of hydrogen-bond acceptors (Lipinski definition) is 3. The van der Waals surface area contributed by atoms with E-state index in [2.05, 4.69) is 45.9 Å². The maximum atomic E-state index is 8.86. The summed E-state index contributed by atoms with van der Waals surface area (Å²) in [6.45, 7) is 2.23. The molecule has 4 heteroatoms. The maximum absolute atomic E-state index is 8.86. The van der Waals surface area contributed by atoms with Crippen molar-refractivity contribution >= 4 is 21.6 Å². The Bertz CT molecular complexity index is 467. The van der Waals surface area contributed by atoms with E-state index < -0.39 is 0 Å². The highest BCUT2D eigenvalue weighted by Gasteiger charge is 2.22. The van der Waals surface area contributed by atoms with Crippen LogP contribution in [0.1, 0.15) is 18.4 Å². The molecule has 0 radical (unpaired) electrons. The predicted molar refractivity (Wildman–Crippen MR) is 77.8 cm³/mol. The van der Waals surface area contributed by atoms with Crippen LogP contribution in [-0.4, -0.2) is 38.1 Å². The van der Waals surface area contributed by atoms with Gasteiger partial charge in [-0.05, 0) is 60.6 Å². The van der Waals surface area contributed by atoms with Crippen LogP contribution < -0.4 is 4.90 Å². The van der Waals surface area contributed by atoms with Crippen molar-refractivity contribution in [3.63, 3.8) is 0 Å². The van der Waals surface area contributed by atoms with Crippen molar-refractivity contribution in [2.45, 2.75) is 18.9 Å². The Labute approximate surface area is 117 Å². The number of halogens is 1. The van der Waals surface area contributed by atoms with Crippen molar-refractivity contribution < 1.29 is 0 Å². The van der Waals surface area contributed by atoms with Crippen LogP contribution in [0.5, 0.6) is 0 Å². The normalized spacial score (nSPS) is 19.8. The lowest BCUT2D eigenvalue weighted by Crippen LogP contribution is -2.36. The summed E-state index contributed by atoms with van der Waals surface area (Å²) in [6, 6.07) is 8.55. The van der Waals surface area contributed by atoms with Gasteiger partial charge in [-0.25, -0.2) is 0 Å². The van der Waals surface area contributed by atoms with E-state index >= 15 is 0 Å². The molecule has 1 saturated heterocycles. The Kier molecular flexibility index (Phi) is 4.26. The van der Waals surface area contributed by atoms with Gasteiger partial charge in [0.25, 0.3) is 0 Å². The number of anilines is 1. The minimum absolute atomic E-state index is 0.637. The maximum Gasteiger partial charge on any atom is 0.0992 e. The molecule has 0 aliphatic carbocycles. The molecular weight excluding hydrogens is 290 g/mol. The second-order valence-corrected chi connectivity index (χ2v) is 5.79. The molecule has 0 bridgehead atoms. The minimum Gasteiger partial charge on any atom is -0.372 e. The van der Waals surface area contributed by atoms with E-state index in [9.17, 15) is 0 Å². The van der Waals surface area contributed by atoms with E-state index in [-0.39, 0.29) is 0 Å². The number of likely N-dealkylation sites (tertiary alicyclic amines) is 1. The molecule has 2 rings (SSSR count). The highest BCUT2D eigenvalue weighted by atomic mass is 79.9. The van der Waals surface area contributed by atoms with Crippen molar-refractivity contribution in [1.29, 1.82) is 5.26 Å². The fourth-order valence-electron chi connectivity index (χ4n) is 2.51. The molecule has 1 aromatic rings. The molecule has 1 aromatic carbocycles. The van der Waals surface area contributed by atoms with Crippen molar-refractivity contribution in [1.82, 2.24) is 4.90 Å². The number of benzene rings is 1. The van der Waals surface area contributed by atoms with E-state index in [1.54, 1.807) is 0 Å². The third-order valence-corrected chi connectivity index (χ3v) is 4.28. The van der Waals surface area contributed by atoms with Gasteiger partial charge in [-0.1, -0.05) is 0 Å². The van der Waals surface area contributed by atoms with Gasteiger partial charge < -0.3 is 9.80 Å². The number of nitriles is 1. The molecular formula is C14H18BrN3. The number of hydrogen-bond donors (Lipinski definition) is 0. The molecule has 96 valence electrons. The largest absolute Gasteiger partial charge is 0.372 e. The highest BCUT2D eigenvalue weighted by molar-refractivity contribution is 9.10. The number of likely N-dealkylation sites (N-methyl/N-ethyl adjacent to an activating group) is 2. The summed E-state index contributed by atoms with van der Waals surface area (Å²) in [5.74, 6) is 0. The topological polar surface area (TPSA) is 30.3 Å². The van der Waals surface area contributed by atoms with Crippen LogP contribution in [0.2, 0.25) is 0 Å². The predicted octanol–water partition coefficient (Wildman–Crippen LogP) is 2.85.